The summed E-state index contributed by atoms with van der Waals surface area (Å²) in [7, 11) is 0. The molecule has 0 aliphatic rings. The second kappa shape index (κ2) is 7.22. The molecule has 0 radical (unpaired) electrons. The number of nitrogens with one attached hydrogen (secondary N) is 1. The average Bonchev–Trinajstić information content (AvgIpc) is 2.78. The Morgan fingerprint density at radius 1 is 1.50 bits per heavy atom. The van der Waals surface area contributed by atoms with Gasteiger partial charge in [-0.2, -0.15) is 5.10 Å². The van der Waals surface area contributed by atoms with E-state index >= 15 is 0 Å². The molecule has 1 aromatic heterocycles. The van der Waals surface area contributed by atoms with E-state index in [1.807, 2.05) is 16.8 Å². The third-order valence-electron chi connectivity index (χ3n) is 3.13. The Morgan fingerprint density at radius 2 is 2.30 bits per heavy atom. The molecule has 0 bridgehead atoms. The van der Waals surface area contributed by atoms with E-state index in [1.165, 1.54) is 5.56 Å². The molecule has 4 nitrogen and oxygen atoms in total. The second-order valence-corrected chi connectivity index (χ2v) is 5.98. The largest absolute Gasteiger partial charge is 0.271 e. The maximum atomic E-state index is 6.26. The van der Waals surface area contributed by atoms with Gasteiger partial charge in [-0.15, -0.1) is 0 Å². The van der Waals surface area contributed by atoms with Crippen molar-refractivity contribution in [1.29, 1.82) is 0 Å². The molecular formula is C14H18BrClN4. The van der Waals surface area contributed by atoms with E-state index in [-0.39, 0.29) is 6.04 Å². The van der Waals surface area contributed by atoms with Crippen LogP contribution in [0.5, 0.6) is 0 Å². The van der Waals surface area contributed by atoms with Gasteiger partial charge in [-0.05, 0) is 30.5 Å². The number of aryl methyl sites for hydroxylation is 1. The Labute approximate surface area is 132 Å². The molecule has 1 unspecified atom stereocenters. The Balaban J connectivity index is 2.26. The van der Waals surface area contributed by atoms with E-state index in [9.17, 15) is 0 Å². The average molecular weight is 358 g/mol. The number of halogens is 2. The fourth-order valence-corrected chi connectivity index (χ4v) is 2.96. The van der Waals surface area contributed by atoms with Crippen LogP contribution in [0.25, 0.3) is 0 Å². The van der Waals surface area contributed by atoms with E-state index in [0.29, 0.717) is 5.02 Å². The molecule has 0 spiro atoms. The second-order valence-electron chi connectivity index (χ2n) is 4.65. The molecule has 2 aromatic rings. The fourth-order valence-electron chi connectivity index (χ4n) is 2.24. The van der Waals surface area contributed by atoms with Gasteiger partial charge in [0.1, 0.15) is 0 Å². The highest BCUT2D eigenvalue weighted by atomic mass is 79.9. The summed E-state index contributed by atoms with van der Waals surface area (Å²) in [5.74, 6) is 5.72. The Morgan fingerprint density at radius 3 is 2.95 bits per heavy atom. The summed E-state index contributed by atoms with van der Waals surface area (Å²) < 4.78 is 2.98. The summed E-state index contributed by atoms with van der Waals surface area (Å²) in [6.45, 7) is 2.94. The van der Waals surface area contributed by atoms with Gasteiger partial charge < -0.3 is 0 Å². The van der Waals surface area contributed by atoms with Gasteiger partial charge in [0.05, 0.1) is 23.0 Å². The summed E-state index contributed by atoms with van der Waals surface area (Å²) in [5.41, 5.74) is 4.98. The molecule has 0 fully saturated rings. The van der Waals surface area contributed by atoms with Crippen LogP contribution in [-0.4, -0.2) is 9.78 Å². The topological polar surface area (TPSA) is 55.9 Å². The van der Waals surface area contributed by atoms with Crippen molar-refractivity contribution in [2.24, 2.45) is 5.84 Å². The van der Waals surface area contributed by atoms with Crippen LogP contribution in [0.1, 0.15) is 30.6 Å². The summed E-state index contributed by atoms with van der Waals surface area (Å²) >= 11 is 9.74. The molecule has 108 valence electrons. The molecule has 1 heterocycles. The van der Waals surface area contributed by atoms with Crippen molar-refractivity contribution >= 4 is 27.5 Å². The zero-order valence-corrected chi connectivity index (χ0v) is 13.7. The minimum absolute atomic E-state index is 0.0640. The highest BCUT2D eigenvalue weighted by Crippen LogP contribution is 2.26. The lowest BCUT2D eigenvalue weighted by Gasteiger charge is -2.18. The van der Waals surface area contributed by atoms with Crippen molar-refractivity contribution in [3.8, 4) is 0 Å². The van der Waals surface area contributed by atoms with Gasteiger partial charge in [0.2, 0.25) is 0 Å². The number of hydrogen-bond acceptors (Lipinski definition) is 3. The highest BCUT2D eigenvalue weighted by molar-refractivity contribution is 9.10. The van der Waals surface area contributed by atoms with Gasteiger partial charge in [0.25, 0.3) is 0 Å². The van der Waals surface area contributed by atoms with Crippen LogP contribution in [0.4, 0.5) is 0 Å². The van der Waals surface area contributed by atoms with E-state index in [4.69, 9.17) is 17.4 Å². The molecule has 2 rings (SSSR count). The molecule has 0 saturated heterocycles. The third kappa shape index (κ3) is 3.61. The lowest BCUT2D eigenvalue weighted by Crippen LogP contribution is -2.31. The fraction of sp³-hybridized carbons (Fsp3) is 0.357. The van der Waals surface area contributed by atoms with Crippen LogP contribution in [0.2, 0.25) is 5.02 Å². The minimum Gasteiger partial charge on any atom is -0.271 e. The zero-order chi connectivity index (χ0) is 14.5. The van der Waals surface area contributed by atoms with Crippen molar-refractivity contribution in [3.63, 3.8) is 0 Å². The van der Waals surface area contributed by atoms with Crippen molar-refractivity contribution < 1.29 is 0 Å². The molecular weight excluding hydrogens is 340 g/mol. The van der Waals surface area contributed by atoms with Crippen LogP contribution in [0, 0.1) is 0 Å². The number of hydrazine groups is 1. The van der Waals surface area contributed by atoms with Gasteiger partial charge in [0, 0.05) is 11.0 Å². The molecule has 0 saturated carbocycles. The maximum absolute atomic E-state index is 6.26. The monoisotopic (exact) mass is 356 g/mol. The quantitative estimate of drug-likeness (QED) is 0.615. The van der Waals surface area contributed by atoms with E-state index in [1.54, 1.807) is 6.20 Å². The number of benzene rings is 1. The smallest absolute Gasteiger partial charge is 0.0834 e. The Bertz CT molecular complexity index is 570. The SMILES string of the molecule is CCCn1ncc(Cl)c1C(Cc1cccc(Br)c1)NN. The third-order valence-corrected chi connectivity index (χ3v) is 3.91. The molecule has 0 aliphatic heterocycles. The first-order chi connectivity index (χ1) is 9.65. The molecule has 0 amide bonds. The first-order valence-electron chi connectivity index (χ1n) is 6.57. The molecule has 0 aliphatic carbocycles. The Hall–Kier alpha value is -0.880. The molecule has 3 N–H and O–H groups in total. The Kier molecular flexibility index (Phi) is 5.60. The lowest BCUT2D eigenvalue weighted by atomic mass is 10.0. The van der Waals surface area contributed by atoms with Crippen LogP contribution in [-0.2, 0) is 13.0 Å². The van der Waals surface area contributed by atoms with Gasteiger partial charge in [-0.1, -0.05) is 46.6 Å². The number of aromatic nitrogens is 2. The summed E-state index contributed by atoms with van der Waals surface area (Å²) in [4.78, 5) is 0. The first kappa shape index (κ1) is 15.5. The first-order valence-corrected chi connectivity index (χ1v) is 7.74. The van der Waals surface area contributed by atoms with Crippen LogP contribution in [0.15, 0.2) is 34.9 Å². The molecule has 20 heavy (non-hydrogen) atoms. The summed E-state index contributed by atoms with van der Waals surface area (Å²) in [6.07, 6.45) is 3.43. The minimum atomic E-state index is -0.0640. The normalized spacial score (nSPS) is 12.6. The van der Waals surface area contributed by atoms with Gasteiger partial charge in [0.15, 0.2) is 0 Å². The van der Waals surface area contributed by atoms with Crippen molar-refractivity contribution in [2.45, 2.75) is 32.4 Å². The maximum Gasteiger partial charge on any atom is 0.0834 e. The standard InChI is InChI=1S/C14H18BrClN4/c1-2-6-20-14(12(16)9-18-20)13(19-17)8-10-4-3-5-11(15)7-10/h3-5,7,9,13,19H,2,6,8,17H2,1H3. The lowest BCUT2D eigenvalue weighted by molar-refractivity contribution is 0.478. The van der Waals surface area contributed by atoms with E-state index in [0.717, 1.165) is 29.6 Å². The number of nitrogens with zero attached hydrogens (tertiary/aromatic N) is 2. The summed E-state index contributed by atoms with van der Waals surface area (Å²) in [5, 5.41) is 4.96. The van der Waals surface area contributed by atoms with Gasteiger partial charge >= 0.3 is 0 Å². The van der Waals surface area contributed by atoms with E-state index < -0.39 is 0 Å². The van der Waals surface area contributed by atoms with Crippen molar-refractivity contribution in [1.82, 2.24) is 15.2 Å². The molecule has 6 heteroatoms. The predicted octanol–water partition coefficient (Wildman–Crippen LogP) is 3.46. The van der Waals surface area contributed by atoms with Crippen molar-refractivity contribution in [2.75, 3.05) is 0 Å². The van der Waals surface area contributed by atoms with Crippen LogP contribution >= 0.6 is 27.5 Å². The predicted molar refractivity (Wildman–Crippen MR) is 85.4 cm³/mol. The van der Waals surface area contributed by atoms with E-state index in [2.05, 4.69) is 45.5 Å². The number of rotatable bonds is 6. The van der Waals surface area contributed by atoms with Crippen LogP contribution in [0.3, 0.4) is 0 Å². The van der Waals surface area contributed by atoms with Crippen molar-refractivity contribution in [3.05, 3.63) is 51.2 Å². The van der Waals surface area contributed by atoms with Gasteiger partial charge in [-0.3, -0.25) is 16.0 Å². The van der Waals surface area contributed by atoms with Crippen LogP contribution < -0.4 is 11.3 Å². The number of hydrogen-bond donors (Lipinski definition) is 2. The number of nitrogens with two attached hydrogens (primary N) is 1. The van der Waals surface area contributed by atoms with Gasteiger partial charge in [-0.25, -0.2) is 0 Å². The summed E-state index contributed by atoms with van der Waals surface area (Å²) in [6, 6.07) is 8.11. The zero-order valence-electron chi connectivity index (χ0n) is 11.3. The molecule has 1 atom stereocenters. The highest BCUT2D eigenvalue weighted by Gasteiger charge is 2.19. The molecule has 1 aromatic carbocycles.